The summed E-state index contributed by atoms with van der Waals surface area (Å²) in [5.74, 6) is -0.00158. The van der Waals surface area contributed by atoms with Gasteiger partial charge in [-0.15, -0.1) is 0 Å². The maximum Gasteiger partial charge on any atom is 0.417 e. The van der Waals surface area contributed by atoms with Crippen molar-refractivity contribution < 1.29 is 18.0 Å². The van der Waals surface area contributed by atoms with Gasteiger partial charge in [-0.25, -0.2) is 9.99 Å². The number of amides is 1. The van der Waals surface area contributed by atoms with Crippen molar-refractivity contribution in [2.45, 2.75) is 6.18 Å². The fourth-order valence-electron chi connectivity index (χ4n) is 3.12. The number of aromatic nitrogens is 1. The van der Waals surface area contributed by atoms with Gasteiger partial charge in [0.1, 0.15) is 5.82 Å². The summed E-state index contributed by atoms with van der Waals surface area (Å²) in [6, 6.07) is 9.83. The lowest BCUT2D eigenvalue weighted by molar-refractivity contribution is -0.137. The summed E-state index contributed by atoms with van der Waals surface area (Å²) in [7, 11) is 0. The number of nitrogens with two attached hydrogens (primary N) is 1. The zero-order chi connectivity index (χ0) is 22.6. The number of anilines is 2. The Morgan fingerprint density at radius 3 is 2.42 bits per heavy atom. The molecular weight excluding hydrogens is 453 g/mol. The lowest BCUT2D eigenvalue weighted by atomic mass is 10.2. The van der Waals surface area contributed by atoms with E-state index in [4.69, 9.17) is 29.6 Å². The molecule has 1 aliphatic heterocycles. The molecule has 0 atom stereocenters. The van der Waals surface area contributed by atoms with Crippen molar-refractivity contribution in [1.82, 2.24) is 15.3 Å². The van der Waals surface area contributed by atoms with E-state index in [-0.39, 0.29) is 22.6 Å². The SMILES string of the molecule is NC(=S)N(NC(=O)CN1CCN(c2ncc(C(F)(F)F)cc2Cl)CC1)c1ccccc1. The van der Waals surface area contributed by atoms with Gasteiger partial charge in [0.25, 0.3) is 5.91 Å². The number of halogens is 4. The minimum atomic E-state index is -4.50. The molecule has 2 heterocycles. The van der Waals surface area contributed by atoms with Crippen molar-refractivity contribution in [1.29, 1.82) is 0 Å². The quantitative estimate of drug-likeness (QED) is 0.523. The van der Waals surface area contributed by atoms with Crippen LogP contribution in [0.2, 0.25) is 5.02 Å². The van der Waals surface area contributed by atoms with Gasteiger partial charge in [0, 0.05) is 32.4 Å². The molecule has 1 fully saturated rings. The van der Waals surface area contributed by atoms with Crippen LogP contribution in [0.25, 0.3) is 0 Å². The van der Waals surface area contributed by atoms with E-state index in [0.717, 1.165) is 12.3 Å². The van der Waals surface area contributed by atoms with Crippen LogP contribution >= 0.6 is 23.8 Å². The first-order valence-electron chi connectivity index (χ1n) is 9.29. The molecule has 2 aromatic rings. The van der Waals surface area contributed by atoms with E-state index in [1.54, 1.807) is 29.2 Å². The standard InChI is InChI=1S/C19H20ClF3N6OS/c20-15-10-13(19(21,22)23)11-25-17(15)28-8-6-27(7-9-28)12-16(30)26-29(18(24)31)14-4-2-1-3-5-14/h1-5,10-11H,6-9,12H2,(H2,24,31)(H,26,30). The molecule has 1 aromatic heterocycles. The maximum absolute atomic E-state index is 12.8. The Morgan fingerprint density at radius 2 is 1.87 bits per heavy atom. The number of pyridine rings is 1. The largest absolute Gasteiger partial charge is 0.417 e. The summed E-state index contributed by atoms with van der Waals surface area (Å²) in [5.41, 5.74) is 8.15. The van der Waals surface area contributed by atoms with Gasteiger partial charge in [-0.2, -0.15) is 13.2 Å². The number of rotatable bonds is 4. The highest BCUT2D eigenvalue weighted by atomic mass is 35.5. The molecule has 0 spiro atoms. The third-order valence-electron chi connectivity index (χ3n) is 4.66. The molecule has 3 N–H and O–H groups in total. The molecule has 1 saturated heterocycles. The number of piperazine rings is 1. The molecule has 7 nitrogen and oxygen atoms in total. The fraction of sp³-hybridized carbons (Fsp3) is 0.316. The van der Waals surface area contributed by atoms with Gasteiger partial charge >= 0.3 is 6.18 Å². The van der Waals surface area contributed by atoms with E-state index in [9.17, 15) is 18.0 Å². The van der Waals surface area contributed by atoms with Crippen LogP contribution in [0, 0.1) is 0 Å². The Bertz CT molecular complexity index is 938. The molecule has 0 bridgehead atoms. The number of para-hydroxylation sites is 1. The first kappa shape index (κ1) is 23.0. The number of nitrogens with one attached hydrogen (secondary N) is 1. The Hall–Kier alpha value is -2.63. The summed E-state index contributed by atoms with van der Waals surface area (Å²) in [4.78, 5) is 20.1. The van der Waals surface area contributed by atoms with E-state index in [1.165, 1.54) is 5.01 Å². The second-order valence-electron chi connectivity index (χ2n) is 6.83. The van der Waals surface area contributed by atoms with E-state index in [2.05, 4.69) is 10.4 Å². The van der Waals surface area contributed by atoms with Crippen molar-refractivity contribution in [2.24, 2.45) is 5.73 Å². The highest BCUT2D eigenvalue weighted by Crippen LogP contribution is 2.33. The van der Waals surface area contributed by atoms with E-state index < -0.39 is 11.7 Å². The number of thiocarbonyl (C=S) groups is 1. The van der Waals surface area contributed by atoms with Crippen LogP contribution in [-0.4, -0.2) is 53.6 Å². The summed E-state index contributed by atoms with van der Waals surface area (Å²) >= 11 is 11.0. The number of hydrogen-bond donors (Lipinski definition) is 2. The molecule has 1 aromatic carbocycles. The number of carbonyl (C=O) groups is 1. The number of benzene rings is 1. The summed E-state index contributed by atoms with van der Waals surface area (Å²) in [6.07, 6.45) is -3.73. The van der Waals surface area contributed by atoms with E-state index in [0.29, 0.717) is 37.7 Å². The number of alkyl halides is 3. The third kappa shape index (κ3) is 5.96. The molecule has 0 radical (unpaired) electrons. The van der Waals surface area contributed by atoms with Gasteiger partial charge < -0.3 is 10.6 Å². The average Bonchev–Trinajstić information content (AvgIpc) is 2.72. The maximum atomic E-state index is 12.8. The van der Waals surface area contributed by atoms with Crippen LogP contribution in [0.4, 0.5) is 24.7 Å². The number of carbonyl (C=O) groups excluding carboxylic acids is 1. The van der Waals surface area contributed by atoms with E-state index >= 15 is 0 Å². The zero-order valence-corrected chi connectivity index (χ0v) is 17.8. The molecular formula is C19H20ClF3N6OS. The van der Waals surface area contributed by atoms with Crippen molar-refractivity contribution >= 4 is 46.3 Å². The molecule has 0 saturated carbocycles. The van der Waals surface area contributed by atoms with Crippen LogP contribution in [0.1, 0.15) is 5.56 Å². The predicted molar refractivity (Wildman–Crippen MR) is 117 cm³/mol. The Morgan fingerprint density at radius 1 is 1.23 bits per heavy atom. The summed E-state index contributed by atoms with van der Waals surface area (Å²) in [6.45, 7) is 2.04. The number of nitrogens with zero attached hydrogens (tertiary/aromatic N) is 4. The average molecular weight is 473 g/mol. The molecule has 3 rings (SSSR count). The van der Waals surface area contributed by atoms with Crippen molar-refractivity contribution in [3.05, 3.63) is 53.2 Å². The lowest BCUT2D eigenvalue weighted by Crippen LogP contribution is -2.54. The zero-order valence-electron chi connectivity index (χ0n) is 16.3. The van der Waals surface area contributed by atoms with Crippen LogP contribution in [0.3, 0.4) is 0 Å². The minimum Gasteiger partial charge on any atom is -0.374 e. The van der Waals surface area contributed by atoms with Crippen LogP contribution in [0.15, 0.2) is 42.6 Å². The van der Waals surface area contributed by atoms with Gasteiger partial charge in [0.2, 0.25) is 0 Å². The van der Waals surface area contributed by atoms with Crippen molar-refractivity contribution in [3.63, 3.8) is 0 Å². The lowest BCUT2D eigenvalue weighted by Gasteiger charge is -2.35. The van der Waals surface area contributed by atoms with Gasteiger partial charge in [-0.1, -0.05) is 29.8 Å². The van der Waals surface area contributed by atoms with Gasteiger partial charge in [-0.05, 0) is 30.4 Å². The Balaban J connectivity index is 1.55. The molecule has 0 aliphatic carbocycles. The topological polar surface area (TPSA) is 77.7 Å². The molecule has 1 amide bonds. The first-order chi connectivity index (χ1) is 14.6. The third-order valence-corrected chi connectivity index (χ3v) is 5.12. The number of hydrogen-bond acceptors (Lipinski definition) is 5. The van der Waals surface area contributed by atoms with Crippen molar-refractivity contribution in [2.75, 3.05) is 42.6 Å². The normalized spacial score (nSPS) is 14.9. The number of hydrazine groups is 1. The monoisotopic (exact) mass is 472 g/mol. The van der Waals surface area contributed by atoms with Gasteiger partial charge in [-0.3, -0.25) is 15.1 Å². The second-order valence-corrected chi connectivity index (χ2v) is 7.66. The van der Waals surface area contributed by atoms with Crippen molar-refractivity contribution in [3.8, 4) is 0 Å². The fourth-order valence-corrected chi connectivity index (χ4v) is 3.56. The molecule has 12 heteroatoms. The second kappa shape index (κ2) is 9.67. The highest BCUT2D eigenvalue weighted by molar-refractivity contribution is 7.80. The molecule has 1 aliphatic rings. The highest BCUT2D eigenvalue weighted by Gasteiger charge is 2.32. The Kier molecular flexibility index (Phi) is 7.19. The van der Waals surface area contributed by atoms with Gasteiger partial charge in [0.05, 0.1) is 22.8 Å². The molecule has 0 unspecified atom stereocenters. The Labute approximate surface area is 187 Å². The van der Waals surface area contributed by atoms with Crippen LogP contribution in [-0.2, 0) is 11.0 Å². The van der Waals surface area contributed by atoms with Crippen LogP contribution in [0.5, 0.6) is 0 Å². The summed E-state index contributed by atoms with van der Waals surface area (Å²) < 4.78 is 38.4. The van der Waals surface area contributed by atoms with E-state index in [1.807, 2.05) is 11.0 Å². The predicted octanol–water partition coefficient (Wildman–Crippen LogP) is 2.66. The minimum absolute atomic E-state index is 0.00684. The van der Waals surface area contributed by atoms with Gasteiger partial charge in [0.15, 0.2) is 5.11 Å². The smallest absolute Gasteiger partial charge is 0.374 e. The molecule has 166 valence electrons. The van der Waals surface area contributed by atoms with Crippen LogP contribution < -0.4 is 21.1 Å². The summed E-state index contributed by atoms with van der Waals surface area (Å²) in [5, 5.41) is 1.28. The first-order valence-corrected chi connectivity index (χ1v) is 10.1. The molecule has 31 heavy (non-hydrogen) atoms.